The summed E-state index contributed by atoms with van der Waals surface area (Å²) in [7, 11) is 0. The molecule has 1 aliphatic carbocycles. The number of hydrogen-bond donors (Lipinski definition) is 2. The average Bonchev–Trinajstić information content (AvgIpc) is 3.56. The molecule has 0 bridgehead atoms. The Kier molecular flexibility index (Phi) is 7.39. The summed E-state index contributed by atoms with van der Waals surface area (Å²) in [6.45, 7) is 2.89. The number of amides is 2. The van der Waals surface area contributed by atoms with Gasteiger partial charge in [-0.3, -0.25) is 9.59 Å². The van der Waals surface area contributed by atoms with Crippen LogP contribution in [0, 0.1) is 0 Å². The average molecular weight is 553 g/mol. The molecule has 1 heterocycles. The number of carbonyl (C=O) groups is 2. The number of rotatable bonds is 7. The number of halogens is 3. The molecule has 2 amide bonds. The SMILES string of the molecule is CC1CC(N(C(=O)C2(c3ccc(Cl)cc3Cl)CC2)[C@@H](Cc2ccc(Br)cc2)C(N)=O)CCN1. The van der Waals surface area contributed by atoms with E-state index in [-0.39, 0.29) is 18.0 Å². The monoisotopic (exact) mass is 551 g/mol. The van der Waals surface area contributed by atoms with Gasteiger partial charge in [0.15, 0.2) is 0 Å². The number of piperidine rings is 1. The molecule has 0 spiro atoms. The van der Waals surface area contributed by atoms with Gasteiger partial charge in [-0.25, -0.2) is 0 Å². The molecule has 0 radical (unpaired) electrons. The molecular weight excluding hydrogens is 525 g/mol. The van der Waals surface area contributed by atoms with E-state index in [0.29, 0.717) is 29.3 Å². The third-order valence-corrected chi connectivity index (χ3v) is 7.91. The Hall–Kier alpha value is -1.60. The second kappa shape index (κ2) is 9.95. The van der Waals surface area contributed by atoms with Gasteiger partial charge >= 0.3 is 0 Å². The van der Waals surface area contributed by atoms with E-state index in [1.54, 1.807) is 17.0 Å². The van der Waals surface area contributed by atoms with Crippen LogP contribution in [0.3, 0.4) is 0 Å². The summed E-state index contributed by atoms with van der Waals surface area (Å²) in [5, 5.41) is 4.45. The summed E-state index contributed by atoms with van der Waals surface area (Å²) in [5.74, 6) is -0.554. The molecule has 8 heteroatoms. The fourth-order valence-electron chi connectivity index (χ4n) is 4.95. The lowest BCUT2D eigenvalue weighted by molar-refractivity contribution is -0.145. The predicted molar refractivity (Wildman–Crippen MR) is 136 cm³/mol. The first-order valence-corrected chi connectivity index (χ1v) is 12.8. The van der Waals surface area contributed by atoms with E-state index in [1.807, 2.05) is 30.3 Å². The van der Waals surface area contributed by atoms with Gasteiger partial charge in [-0.15, -0.1) is 0 Å². The van der Waals surface area contributed by atoms with Crippen LogP contribution in [0.25, 0.3) is 0 Å². The smallest absolute Gasteiger partial charge is 0.240 e. The lowest BCUT2D eigenvalue weighted by atomic mass is 9.89. The zero-order valence-corrected chi connectivity index (χ0v) is 21.6. The Labute approximate surface area is 213 Å². The normalized spacial score (nSPS) is 22.4. The second-order valence-corrected chi connectivity index (χ2v) is 11.0. The Morgan fingerprint density at radius 2 is 1.91 bits per heavy atom. The van der Waals surface area contributed by atoms with Gasteiger partial charge in [0.1, 0.15) is 6.04 Å². The van der Waals surface area contributed by atoms with Crippen LogP contribution in [0.15, 0.2) is 46.9 Å². The number of benzene rings is 2. The fourth-order valence-corrected chi connectivity index (χ4v) is 5.80. The summed E-state index contributed by atoms with van der Waals surface area (Å²) in [4.78, 5) is 28.8. The van der Waals surface area contributed by atoms with E-state index in [9.17, 15) is 9.59 Å². The molecule has 2 aromatic rings. The van der Waals surface area contributed by atoms with Gasteiger partial charge < -0.3 is 16.0 Å². The third-order valence-electron chi connectivity index (χ3n) is 6.84. The van der Waals surface area contributed by atoms with E-state index >= 15 is 0 Å². The number of hydrogen-bond acceptors (Lipinski definition) is 3. The molecule has 1 aliphatic heterocycles. The van der Waals surface area contributed by atoms with E-state index in [1.165, 1.54) is 0 Å². The summed E-state index contributed by atoms with van der Waals surface area (Å²) >= 11 is 16.1. The van der Waals surface area contributed by atoms with E-state index in [4.69, 9.17) is 28.9 Å². The zero-order chi connectivity index (χ0) is 23.8. The maximum absolute atomic E-state index is 14.3. The van der Waals surface area contributed by atoms with Crippen molar-refractivity contribution in [3.63, 3.8) is 0 Å². The number of primary amides is 1. The van der Waals surface area contributed by atoms with Gasteiger partial charge in [0.25, 0.3) is 0 Å². The molecule has 33 heavy (non-hydrogen) atoms. The van der Waals surface area contributed by atoms with E-state index < -0.39 is 17.4 Å². The first-order chi connectivity index (χ1) is 15.7. The highest BCUT2D eigenvalue weighted by Crippen LogP contribution is 2.53. The lowest BCUT2D eigenvalue weighted by Crippen LogP contribution is -2.59. The van der Waals surface area contributed by atoms with Gasteiger partial charge in [-0.2, -0.15) is 0 Å². The minimum atomic E-state index is -0.738. The van der Waals surface area contributed by atoms with Crippen LogP contribution in [0.5, 0.6) is 0 Å². The Balaban J connectivity index is 1.72. The zero-order valence-electron chi connectivity index (χ0n) is 18.5. The van der Waals surface area contributed by atoms with Gasteiger partial charge in [0.2, 0.25) is 11.8 Å². The van der Waals surface area contributed by atoms with Crippen molar-refractivity contribution in [1.29, 1.82) is 0 Å². The van der Waals surface area contributed by atoms with Crippen molar-refractivity contribution in [2.45, 2.75) is 62.6 Å². The van der Waals surface area contributed by atoms with Crippen molar-refractivity contribution >= 4 is 50.9 Å². The van der Waals surface area contributed by atoms with Gasteiger partial charge in [0, 0.05) is 33.0 Å². The van der Waals surface area contributed by atoms with Crippen LogP contribution in [0.2, 0.25) is 10.0 Å². The van der Waals surface area contributed by atoms with E-state index in [2.05, 4.69) is 28.2 Å². The lowest BCUT2D eigenvalue weighted by Gasteiger charge is -2.42. The molecule has 0 aromatic heterocycles. The Morgan fingerprint density at radius 3 is 2.48 bits per heavy atom. The maximum atomic E-state index is 14.3. The molecule has 2 unspecified atom stereocenters. The van der Waals surface area contributed by atoms with Crippen LogP contribution in [-0.4, -0.2) is 41.4 Å². The minimum absolute atomic E-state index is 0.0632. The van der Waals surface area contributed by atoms with Crippen molar-refractivity contribution < 1.29 is 9.59 Å². The molecule has 1 saturated carbocycles. The van der Waals surface area contributed by atoms with Crippen LogP contribution < -0.4 is 11.1 Å². The summed E-state index contributed by atoms with van der Waals surface area (Å²) in [5.41, 5.74) is 6.94. The van der Waals surface area contributed by atoms with E-state index in [0.717, 1.165) is 35.0 Å². The molecule has 3 N–H and O–H groups in total. The van der Waals surface area contributed by atoms with Crippen molar-refractivity contribution in [3.8, 4) is 0 Å². The largest absolute Gasteiger partial charge is 0.368 e. The summed E-state index contributed by atoms with van der Waals surface area (Å²) in [6, 6.07) is 12.5. The van der Waals surface area contributed by atoms with Crippen LogP contribution >= 0.6 is 39.1 Å². The maximum Gasteiger partial charge on any atom is 0.240 e. The van der Waals surface area contributed by atoms with Crippen molar-refractivity contribution in [2.75, 3.05) is 6.54 Å². The van der Waals surface area contributed by atoms with Crippen LogP contribution in [0.4, 0.5) is 0 Å². The molecule has 176 valence electrons. The number of nitrogens with zero attached hydrogens (tertiary/aromatic N) is 1. The van der Waals surface area contributed by atoms with Gasteiger partial charge in [-0.05, 0) is 74.5 Å². The number of nitrogens with one attached hydrogen (secondary N) is 1. The molecular formula is C25H28BrCl2N3O2. The number of nitrogens with two attached hydrogens (primary N) is 1. The first kappa shape index (κ1) is 24.5. The molecule has 1 saturated heterocycles. The second-order valence-electron chi connectivity index (χ2n) is 9.20. The molecule has 3 atom stereocenters. The Bertz CT molecular complexity index is 1040. The van der Waals surface area contributed by atoms with Crippen molar-refractivity contribution in [2.24, 2.45) is 5.73 Å². The molecule has 4 rings (SSSR count). The number of carbonyl (C=O) groups excluding carboxylic acids is 2. The quantitative estimate of drug-likeness (QED) is 0.515. The molecule has 2 aromatic carbocycles. The standard InChI is InChI=1S/C25H28BrCl2N3O2/c1-15-12-19(8-11-30-15)31(22(23(29)32)13-16-2-4-17(26)5-3-16)24(33)25(9-10-25)20-7-6-18(27)14-21(20)28/h2-7,14-15,19,22,30H,8-13H2,1H3,(H2,29,32)/t15?,19?,22-/m0/s1. The summed E-state index contributed by atoms with van der Waals surface area (Å²) in [6.07, 6.45) is 3.28. The van der Waals surface area contributed by atoms with Crippen molar-refractivity contribution in [1.82, 2.24) is 10.2 Å². The van der Waals surface area contributed by atoms with Gasteiger partial charge in [-0.1, -0.05) is 57.3 Å². The first-order valence-electron chi connectivity index (χ1n) is 11.3. The Morgan fingerprint density at radius 1 is 1.21 bits per heavy atom. The molecule has 5 nitrogen and oxygen atoms in total. The summed E-state index contributed by atoms with van der Waals surface area (Å²) < 4.78 is 0.955. The van der Waals surface area contributed by atoms with Gasteiger partial charge in [0.05, 0.1) is 5.41 Å². The van der Waals surface area contributed by atoms with Crippen LogP contribution in [0.1, 0.15) is 43.7 Å². The molecule has 2 aliphatic rings. The third kappa shape index (κ3) is 5.24. The highest BCUT2D eigenvalue weighted by molar-refractivity contribution is 9.10. The van der Waals surface area contributed by atoms with Crippen molar-refractivity contribution in [3.05, 3.63) is 68.1 Å². The fraction of sp³-hybridized carbons (Fsp3) is 0.440. The van der Waals surface area contributed by atoms with Crippen LogP contribution in [-0.2, 0) is 21.4 Å². The highest BCUT2D eigenvalue weighted by Gasteiger charge is 2.56. The minimum Gasteiger partial charge on any atom is -0.368 e. The topological polar surface area (TPSA) is 75.4 Å². The predicted octanol–water partition coefficient (Wildman–Crippen LogP) is 4.85. The highest BCUT2D eigenvalue weighted by atomic mass is 79.9. The molecule has 2 fully saturated rings.